The van der Waals surface area contributed by atoms with Crippen LogP contribution in [-0.4, -0.2) is 13.0 Å². The number of aryl methyl sites for hydroxylation is 1. The van der Waals surface area contributed by atoms with Crippen molar-refractivity contribution in [3.8, 4) is 5.75 Å². The van der Waals surface area contributed by atoms with Gasteiger partial charge in [0.25, 0.3) is 5.91 Å². The van der Waals surface area contributed by atoms with Crippen LogP contribution < -0.4 is 15.8 Å². The molecule has 2 aromatic carbocycles. The summed E-state index contributed by atoms with van der Waals surface area (Å²) >= 11 is 0. The van der Waals surface area contributed by atoms with Crippen LogP contribution in [0.5, 0.6) is 5.75 Å². The molecule has 0 unspecified atom stereocenters. The Balaban J connectivity index is 2.25. The van der Waals surface area contributed by atoms with Crippen LogP contribution in [-0.2, 0) is 0 Å². The third-order valence-corrected chi connectivity index (χ3v) is 2.89. The Bertz CT molecular complexity index is 656. The van der Waals surface area contributed by atoms with E-state index in [9.17, 15) is 9.18 Å². The van der Waals surface area contributed by atoms with Gasteiger partial charge in [-0.15, -0.1) is 0 Å². The Kier molecular flexibility index (Phi) is 3.89. The highest BCUT2D eigenvalue weighted by molar-refractivity contribution is 6.05. The monoisotopic (exact) mass is 274 g/mol. The molecule has 1 amide bonds. The molecule has 0 bridgehead atoms. The van der Waals surface area contributed by atoms with Crippen LogP contribution in [0.15, 0.2) is 36.4 Å². The van der Waals surface area contributed by atoms with Gasteiger partial charge in [-0.05, 0) is 42.8 Å². The van der Waals surface area contributed by atoms with Crippen molar-refractivity contribution >= 4 is 17.3 Å². The highest BCUT2D eigenvalue weighted by Crippen LogP contribution is 2.27. The van der Waals surface area contributed by atoms with Crippen molar-refractivity contribution in [1.82, 2.24) is 0 Å². The predicted octanol–water partition coefficient (Wildman–Crippen LogP) is 2.98. The van der Waals surface area contributed by atoms with E-state index in [1.165, 1.54) is 25.3 Å². The molecule has 2 rings (SSSR count). The maximum Gasteiger partial charge on any atom is 0.255 e. The van der Waals surface area contributed by atoms with Gasteiger partial charge in [0.2, 0.25) is 0 Å². The molecule has 0 heterocycles. The van der Waals surface area contributed by atoms with Crippen LogP contribution in [0.2, 0.25) is 0 Å². The van der Waals surface area contributed by atoms with E-state index in [-0.39, 0.29) is 11.7 Å². The Morgan fingerprint density at radius 1 is 1.25 bits per heavy atom. The lowest BCUT2D eigenvalue weighted by molar-refractivity contribution is 0.102. The Labute approximate surface area is 116 Å². The summed E-state index contributed by atoms with van der Waals surface area (Å²) in [6.45, 7) is 1.61. The van der Waals surface area contributed by atoms with Gasteiger partial charge < -0.3 is 15.8 Å². The average molecular weight is 274 g/mol. The second-order valence-electron chi connectivity index (χ2n) is 4.38. The van der Waals surface area contributed by atoms with Crippen LogP contribution in [0.4, 0.5) is 15.8 Å². The third-order valence-electron chi connectivity index (χ3n) is 2.89. The molecule has 0 aliphatic carbocycles. The number of benzene rings is 2. The molecule has 0 saturated carbocycles. The number of nitrogens with one attached hydrogen (secondary N) is 1. The van der Waals surface area contributed by atoms with E-state index in [1.54, 1.807) is 25.1 Å². The molecule has 0 aliphatic rings. The van der Waals surface area contributed by atoms with Gasteiger partial charge in [-0.2, -0.15) is 0 Å². The fourth-order valence-corrected chi connectivity index (χ4v) is 1.79. The zero-order valence-corrected chi connectivity index (χ0v) is 11.2. The molecule has 0 radical (unpaired) electrons. The fraction of sp³-hybridized carbons (Fsp3) is 0.133. The number of hydrogen-bond acceptors (Lipinski definition) is 3. The van der Waals surface area contributed by atoms with Gasteiger partial charge >= 0.3 is 0 Å². The standard InChI is InChI=1S/C15H15FN2O2/c1-9-7-10(3-5-12(9)16)15(19)18-13-6-4-11(17)8-14(13)20-2/h3-8H,17H2,1-2H3,(H,18,19). The van der Waals surface area contributed by atoms with E-state index in [2.05, 4.69) is 5.32 Å². The normalized spacial score (nSPS) is 10.2. The lowest BCUT2D eigenvalue weighted by atomic mass is 10.1. The summed E-state index contributed by atoms with van der Waals surface area (Å²) in [7, 11) is 1.49. The average Bonchev–Trinajstić information content (AvgIpc) is 2.43. The fourth-order valence-electron chi connectivity index (χ4n) is 1.79. The van der Waals surface area contributed by atoms with Crippen molar-refractivity contribution in [3.05, 3.63) is 53.3 Å². The molecule has 0 fully saturated rings. The molecular formula is C15H15FN2O2. The third kappa shape index (κ3) is 2.88. The first kappa shape index (κ1) is 13.9. The lowest BCUT2D eigenvalue weighted by Crippen LogP contribution is -2.13. The van der Waals surface area contributed by atoms with Crippen molar-refractivity contribution in [2.45, 2.75) is 6.92 Å². The minimum Gasteiger partial charge on any atom is -0.494 e. The number of amides is 1. The minimum absolute atomic E-state index is 0.337. The molecule has 5 heteroatoms. The van der Waals surface area contributed by atoms with E-state index >= 15 is 0 Å². The van der Waals surface area contributed by atoms with Crippen molar-refractivity contribution < 1.29 is 13.9 Å². The summed E-state index contributed by atoms with van der Waals surface area (Å²) < 4.78 is 18.3. The highest BCUT2D eigenvalue weighted by atomic mass is 19.1. The summed E-state index contributed by atoms with van der Waals surface area (Å²) in [4.78, 5) is 12.1. The number of nitrogens with two attached hydrogens (primary N) is 1. The van der Waals surface area contributed by atoms with Crippen LogP contribution in [0.3, 0.4) is 0 Å². The SMILES string of the molecule is COc1cc(N)ccc1NC(=O)c1ccc(F)c(C)c1. The molecular weight excluding hydrogens is 259 g/mol. The van der Waals surface area contributed by atoms with Gasteiger partial charge in [0.1, 0.15) is 11.6 Å². The molecule has 20 heavy (non-hydrogen) atoms. The first-order valence-electron chi connectivity index (χ1n) is 6.02. The van der Waals surface area contributed by atoms with Crippen molar-refractivity contribution in [1.29, 1.82) is 0 Å². The zero-order valence-electron chi connectivity index (χ0n) is 11.2. The number of nitrogen functional groups attached to an aromatic ring is 1. The number of anilines is 2. The molecule has 0 saturated heterocycles. The summed E-state index contributed by atoms with van der Waals surface area (Å²) in [5.74, 6) is -0.208. The topological polar surface area (TPSA) is 64.3 Å². The number of rotatable bonds is 3. The first-order valence-corrected chi connectivity index (χ1v) is 6.02. The van der Waals surface area contributed by atoms with Gasteiger partial charge in [0, 0.05) is 17.3 Å². The molecule has 2 aromatic rings. The van der Waals surface area contributed by atoms with E-state index in [0.29, 0.717) is 28.3 Å². The number of carbonyl (C=O) groups is 1. The lowest BCUT2D eigenvalue weighted by Gasteiger charge is -2.11. The predicted molar refractivity (Wildman–Crippen MR) is 76.5 cm³/mol. The minimum atomic E-state index is -0.341. The Morgan fingerprint density at radius 3 is 2.65 bits per heavy atom. The smallest absolute Gasteiger partial charge is 0.255 e. The maximum absolute atomic E-state index is 13.2. The second kappa shape index (κ2) is 5.61. The van der Waals surface area contributed by atoms with Gasteiger partial charge in [-0.1, -0.05) is 0 Å². The van der Waals surface area contributed by atoms with E-state index < -0.39 is 0 Å². The van der Waals surface area contributed by atoms with Crippen LogP contribution >= 0.6 is 0 Å². The van der Waals surface area contributed by atoms with Crippen molar-refractivity contribution in [2.75, 3.05) is 18.2 Å². The molecule has 0 spiro atoms. The summed E-state index contributed by atoms with van der Waals surface area (Å²) in [6.07, 6.45) is 0. The van der Waals surface area contributed by atoms with Crippen molar-refractivity contribution in [2.24, 2.45) is 0 Å². The molecule has 0 atom stereocenters. The number of halogens is 1. The number of methoxy groups -OCH3 is 1. The summed E-state index contributed by atoms with van der Waals surface area (Å²) in [5, 5.41) is 2.71. The molecule has 0 aliphatic heterocycles. The largest absolute Gasteiger partial charge is 0.494 e. The van der Waals surface area contributed by atoms with Gasteiger partial charge in [-0.25, -0.2) is 4.39 Å². The van der Waals surface area contributed by atoms with Crippen LogP contribution in [0.25, 0.3) is 0 Å². The second-order valence-corrected chi connectivity index (χ2v) is 4.38. The van der Waals surface area contributed by atoms with Gasteiger partial charge in [-0.3, -0.25) is 4.79 Å². The quantitative estimate of drug-likeness (QED) is 0.846. The zero-order chi connectivity index (χ0) is 14.7. The van der Waals surface area contributed by atoms with Gasteiger partial charge in [0.15, 0.2) is 0 Å². The van der Waals surface area contributed by atoms with Crippen LogP contribution in [0.1, 0.15) is 15.9 Å². The van der Waals surface area contributed by atoms with E-state index in [1.807, 2.05) is 0 Å². The number of hydrogen-bond donors (Lipinski definition) is 2. The Hall–Kier alpha value is -2.56. The molecule has 0 aromatic heterocycles. The summed E-state index contributed by atoms with van der Waals surface area (Å²) in [6, 6.07) is 9.13. The highest BCUT2D eigenvalue weighted by Gasteiger charge is 2.11. The molecule has 4 nitrogen and oxygen atoms in total. The van der Waals surface area contributed by atoms with Crippen LogP contribution in [0, 0.1) is 12.7 Å². The summed E-state index contributed by atoms with van der Waals surface area (Å²) in [5.41, 5.74) is 7.49. The number of carbonyl (C=O) groups excluding carboxylic acids is 1. The molecule has 104 valence electrons. The van der Waals surface area contributed by atoms with E-state index in [4.69, 9.17) is 10.5 Å². The molecule has 3 N–H and O–H groups in total. The van der Waals surface area contributed by atoms with E-state index in [0.717, 1.165) is 0 Å². The number of ether oxygens (including phenoxy) is 1. The first-order chi connectivity index (χ1) is 9.51. The van der Waals surface area contributed by atoms with Gasteiger partial charge in [0.05, 0.1) is 12.8 Å². The Morgan fingerprint density at radius 2 is 2.00 bits per heavy atom. The maximum atomic E-state index is 13.2. The van der Waals surface area contributed by atoms with Crippen molar-refractivity contribution in [3.63, 3.8) is 0 Å².